The summed E-state index contributed by atoms with van der Waals surface area (Å²) in [5.41, 5.74) is 6.11. The second-order valence-corrected chi connectivity index (χ2v) is 6.45. The van der Waals surface area contributed by atoms with Crippen LogP contribution in [0.5, 0.6) is 0 Å². The summed E-state index contributed by atoms with van der Waals surface area (Å²) in [5, 5.41) is 10.7. The molecule has 1 aliphatic rings. The lowest BCUT2D eigenvalue weighted by Crippen LogP contribution is -2.36. The minimum Gasteiger partial charge on any atom is -0.395 e. The minimum absolute atomic E-state index is 0.0153. The lowest BCUT2D eigenvalue weighted by molar-refractivity contribution is 0.277. The molecule has 0 saturated heterocycles. The Morgan fingerprint density at radius 3 is 2.71 bits per heavy atom. The number of rotatable bonds is 5. The average molecular weight is 292 g/mol. The van der Waals surface area contributed by atoms with Crippen molar-refractivity contribution >= 4 is 35.0 Å². The van der Waals surface area contributed by atoms with E-state index in [1.54, 1.807) is 12.1 Å². The van der Waals surface area contributed by atoms with Crippen molar-refractivity contribution in [2.45, 2.75) is 29.0 Å². The van der Waals surface area contributed by atoms with Gasteiger partial charge in [-0.1, -0.05) is 23.2 Å². The van der Waals surface area contributed by atoms with E-state index in [-0.39, 0.29) is 17.9 Å². The molecular weight excluding hydrogens is 277 g/mol. The number of thioether (sulfide) groups is 1. The molecule has 1 fully saturated rings. The Morgan fingerprint density at radius 2 is 2.12 bits per heavy atom. The SMILES string of the molecule is NC(C1CC1)C(CO)Sc1cc(Cl)ccc1Cl. The third-order valence-electron chi connectivity index (χ3n) is 2.95. The van der Waals surface area contributed by atoms with Crippen molar-refractivity contribution in [1.82, 2.24) is 0 Å². The van der Waals surface area contributed by atoms with Gasteiger partial charge in [0.15, 0.2) is 0 Å². The maximum atomic E-state index is 9.42. The number of nitrogens with two attached hydrogens (primary N) is 1. The lowest BCUT2D eigenvalue weighted by atomic mass is 10.1. The lowest BCUT2D eigenvalue weighted by Gasteiger charge is -2.21. The van der Waals surface area contributed by atoms with Gasteiger partial charge in [-0.15, -0.1) is 11.8 Å². The van der Waals surface area contributed by atoms with E-state index >= 15 is 0 Å². The predicted octanol–water partition coefficient (Wildman–Crippen LogP) is 3.18. The molecule has 1 saturated carbocycles. The van der Waals surface area contributed by atoms with Crippen molar-refractivity contribution in [2.24, 2.45) is 11.7 Å². The van der Waals surface area contributed by atoms with Crippen LogP contribution in [0, 0.1) is 5.92 Å². The van der Waals surface area contributed by atoms with Crippen LogP contribution in [0.1, 0.15) is 12.8 Å². The van der Waals surface area contributed by atoms with Gasteiger partial charge >= 0.3 is 0 Å². The quantitative estimate of drug-likeness (QED) is 0.819. The molecule has 1 aromatic carbocycles. The third-order valence-corrected chi connectivity index (χ3v) is 4.98. The Labute approximate surface area is 115 Å². The molecule has 0 heterocycles. The van der Waals surface area contributed by atoms with Crippen LogP contribution in [0.25, 0.3) is 0 Å². The average Bonchev–Trinajstić information content (AvgIpc) is 3.13. The zero-order valence-corrected chi connectivity index (χ0v) is 11.6. The highest BCUT2D eigenvalue weighted by atomic mass is 35.5. The Morgan fingerprint density at radius 1 is 1.41 bits per heavy atom. The first-order valence-electron chi connectivity index (χ1n) is 5.60. The summed E-state index contributed by atoms with van der Waals surface area (Å²) in [6.45, 7) is 0.0607. The van der Waals surface area contributed by atoms with Gasteiger partial charge in [-0.3, -0.25) is 0 Å². The van der Waals surface area contributed by atoms with Crippen molar-refractivity contribution in [3.8, 4) is 0 Å². The second kappa shape index (κ2) is 5.81. The standard InChI is InChI=1S/C12H15Cl2NOS/c13-8-3-4-9(14)10(5-8)17-11(6-16)12(15)7-1-2-7/h3-5,7,11-12,16H,1-2,6,15H2. The third kappa shape index (κ3) is 3.52. The van der Waals surface area contributed by atoms with Gasteiger partial charge in [0, 0.05) is 21.2 Å². The van der Waals surface area contributed by atoms with Crippen molar-refractivity contribution in [1.29, 1.82) is 0 Å². The fourth-order valence-corrected chi connectivity index (χ4v) is 3.40. The molecule has 2 atom stereocenters. The smallest absolute Gasteiger partial charge is 0.0568 e. The van der Waals surface area contributed by atoms with Gasteiger partial charge in [0.2, 0.25) is 0 Å². The number of halogens is 2. The van der Waals surface area contributed by atoms with E-state index < -0.39 is 0 Å². The molecular formula is C12H15Cl2NOS. The van der Waals surface area contributed by atoms with Crippen LogP contribution in [0.2, 0.25) is 10.0 Å². The van der Waals surface area contributed by atoms with Crippen molar-refractivity contribution in [3.63, 3.8) is 0 Å². The molecule has 5 heteroatoms. The molecule has 0 aliphatic heterocycles. The summed E-state index contributed by atoms with van der Waals surface area (Å²) in [4.78, 5) is 0.884. The van der Waals surface area contributed by atoms with E-state index in [1.165, 1.54) is 24.6 Å². The maximum absolute atomic E-state index is 9.42. The van der Waals surface area contributed by atoms with E-state index in [4.69, 9.17) is 28.9 Å². The van der Waals surface area contributed by atoms with Crippen LogP contribution >= 0.6 is 35.0 Å². The maximum Gasteiger partial charge on any atom is 0.0568 e. The van der Waals surface area contributed by atoms with E-state index in [0.717, 1.165) is 4.90 Å². The molecule has 0 aromatic heterocycles. The first-order chi connectivity index (χ1) is 8.11. The normalized spacial score (nSPS) is 19.1. The number of hydrogen-bond acceptors (Lipinski definition) is 3. The van der Waals surface area contributed by atoms with Gasteiger partial charge in [0.1, 0.15) is 0 Å². The first kappa shape index (κ1) is 13.5. The predicted molar refractivity (Wildman–Crippen MR) is 73.9 cm³/mol. The van der Waals surface area contributed by atoms with E-state index in [9.17, 15) is 5.11 Å². The fourth-order valence-electron chi connectivity index (χ4n) is 1.75. The topological polar surface area (TPSA) is 46.2 Å². The highest BCUT2D eigenvalue weighted by molar-refractivity contribution is 8.00. The van der Waals surface area contributed by atoms with Gasteiger partial charge < -0.3 is 10.8 Å². The molecule has 2 nitrogen and oxygen atoms in total. The van der Waals surface area contributed by atoms with Crippen LogP contribution in [0.15, 0.2) is 23.1 Å². The number of aliphatic hydroxyl groups is 1. The largest absolute Gasteiger partial charge is 0.395 e. The number of aliphatic hydroxyl groups excluding tert-OH is 1. The van der Waals surface area contributed by atoms with Crippen molar-refractivity contribution in [2.75, 3.05) is 6.61 Å². The van der Waals surface area contributed by atoms with E-state index in [1.807, 2.05) is 6.07 Å². The summed E-state index contributed by atoms with van der Waals surface area (Å²) in [6, 6.07) is 5.36. The molecule has 1 aliphatic carbocycles. The summed E-state index contributed by atoms with van der Waals surface area (Å²) < 4.78 is 0. The van der Waals surface area contributed by atoms with Crippen LogP contribution < -0.4 is 5.73 Å². The highest BCUT2D eigenvalue weighted by Gasteiger charge is 2.34. The van der Waals surface area contributed by atoms with Crippen LogP contribution in [-0.4, -0.2) is 23.0 Å². The van der Waals surface area contributed by atoms with Crippen LogP contribution in [-0.2, 0) is 0 Å². The molecule has 1 aromatic rings. The van der Waals surface area contributed by atoms with Gasteiger partial charge in [0.05, 0.1) is 11.6 Å². The van der Waals surface area contributed by atoms with Gasteiger partial charge in [-0.05, 0) is 37.0 Å². The minimum atomic E-state index is -0.0153. The van der Waals surface area contributed by atoms with E-state index in [0.29, 0.717) is 16.0 Å². The van der Waals surface area contributed by atoms with Gasteiger partial charge in [0.25, 0.3) is 0 Å². The monoisotopic (exact) mass is 291 g/mol. The fraction of sp³-hybridized carbons (Fsp3) is 0.500. The van der Waals surface area contributed by atoms with Crippen LogP contribution in [0.4, 0.5) is 0 Å². The van der Waals surface area contributed by atoms with Gasteiger partial charge in [-0.25, -0.2) is 0 Å². The van der Waals surface area contributed by atoms with Crippen molar-refractivity contribution < 1.29 is 5.11 Å². The molecule has 2 unspecified atom stereocenters. The molecule has 0 spiro atoms. The van der Waals surface area contributed by atoms with Crippen LogP contribution in [0.3, 0.4) is 0 Å². The van der Waals surface area contributed by atoms with Crippen molar-refractivity contribution in [3.05, 3.63) is 28.2 Å². The molecule has 0 radical (unpaired) electrons. The Bertz CT molecular complexity index is 398. The summed E-state index contributed by atoms with van der Waals surface area (Å²) in [5.74, 6) is 0.553. The van der Waals surface area contributed by atoms with E-state index in [2.05, 4.69) is 0 Å². The molecule has 2 rings (SSSR count). The summed E-state index contributed by atoms with van der Waals surface area (Å²) in [6.07, 6.45) is 2.34. The zero-order chi connectivity index (χ0) is 12.4. The molecule has 0 bridgehead atoms. The Hall–Kier alpha value is 0.0700. The Kier molecular flexibility index (Phi) is 4.61. The molecule has 17 heavy (non-hydrogen) atoms. The number of benzene rings is 1. The Balaban J connectivity index is 2.08. The zero-order valence-electron chi connectivity index (χ0n) is 9.27. The highest BCUT2D eigenvalue weighted by Crippen LogP contribution is 2.39. The molecule has 3 N–H and O–H groups in total. The van der Waals surface area contributed by atoms with Gasteiger partial charge in [-0.2, -0.15) is 0 Å². The summed E-state index contributed by atoms with van der Waals surface area (Å²) in [7, 11) is 0. The summed E-state index contributed by atoms with van der Waals surface area (Å²) >= 11 is 13.5. The second-order valence-electron chi connectivity index (χ2n) is 4.33. The molecule has 94 valence electrons. The molecule has 0 amide bonds. The number of hydrogen-bond donors (Lipinski definition) is 2. The first-order valence-corrected chi connectivity index (χ1v) is 7.23.